The van der Waals surface area contributed by atoms with Crippen LogP contribution in [0.1, 0.15) is 43.2 Å². The zero-order chi connectivity index (χ0) is 13.9. The quantitative estimate of drug-likeness (QED) is 0.661. The van der Waals surface area contributed by atoms with Gasteiger partial charge >= 0.3 is 0 Å². The zero-order valence-electron chi connectivity index (χ0n) is 12.2. The minimum absolute atomic E-state index is 0.224. The number of carbonyl (C=O) groups is 1. The molecular formula is C18H21NO. The van der Waals surface area contributed by atoms with E-state index in [4.69, 9.17) is 0 Å². The minimum Gasteiger partial charge on any atom is -0.342 e. The molecule has 4 rings (SSSR count). The van der Waals surface area contributed by atoms with Crippen LogP contribution in [0.2, 0.25) is 0 Å². The first kappa shape index (κ1) is 12.2. The van der Waals surface area contributed by atoms with Gasteiger partial charge in [-0.05, 0) is 49.7 Å². The van der Waals surface area contributed by atoms with Crippen molar-refractivity contribution in [3.63, 3.8) is 0 Å². The number of nitrogens with zero attached hydrogens (tertiary/aromatic N) is 1. The minimum atomic E-state index is -0.224. The van der Waals surface area contributed by atoms with Crippen LogP contribution in [0, 0.1) is 5.41 Å². The van der Waals surface area contributed by atoms with Gasteiger partial charge in [0.1, 0.15) is 0 Å². The zero-order valence-corrected chi connectivity index (χ0v) is 12.2. The smallest absolute Gasteiger partial charge is 0.233 e. The molecule has 2 heteroatoms. The Morgan fingerprint density at radius 2 is 2.10 bits per heavy atom. The molecule has 0 radical (unpaired) electrons. The summed E-state index contributed by atoms with van der Waals surface area (Å²) in [5.41, 5.74) is 4.06. The first-order valence-corrected chi connectivity index (χ1v) is 7.66. The Morgan fingerprint density at radius 1 is 1.30 bits per heavy atom. The number of rotatable bonds is 0. The first-order chi connectivity index (χ1) is 9.62. The van der Waals surface area contributed by atoms with Crippen molar-refractivity contribution in [2.45, 2.75) is 44.6 Å². The monoisotopic (exact) mass is 267 g/mol. The van der Waals surface area contributed by atoms with E-state index in [1.54, 1.807) is 0 Å². The van der Waals surface area contributed by atoms with Gasteiger partial charge in [0, 0.05) is 13.1 Å². The van der Waals surface area contributed by atoms with Crippen LogP contribution in [-0.4, -0.2) is 23.9 Å². The Hall–Kier alpha value is -1.57. The summed E-state index contributed by atoms with van der Waals surface area (Å²) in [4.78, 5) is 15.0. The van der Waals surface area contributed by atoms with E-state index in [0.29, 0.717) is 17.9 Å². The molecule has 1 aromatic rings. The third-order valence-corrected chi connectivity index (χ3v) is 5.75. The van der Waals surface area contributed by atoms with Crippen molar-refractivity contribution < 1.29 is 4.79 Å². The largest absolute Gasteiger partial charge is 0.342 e. The van der Waals surface area contributed by atoms with Crippen molar-refractivity contribution in [3.8, 4) is 0 Å². The number of carbonyl (C=O) groups excluding carboxylic acids is 1. The standard InChI is InChI=1S/C18H21NO/c1-12-9-15-8-7-14-11-18(15,17(20)19(12)2)10-13-5-3-4-6-16(13)14/h3-6,8,12,14H,7,9-11H2,1-2H3/t12-,14+,18-/m0/s1. The average molecular weight is 267 g/mol. The molecule has 1 aliphatic heterocycles. The molecular weight excluding hydrogens is 246 g/mol. The SMILES string of the molecule is C[C@H]1CC2=CC[C@@H]3C[C@]2(Cc2ccccc23)C(=O)N1C. The third-order valence-electron chi connectivity index (χ3n) is 5.75. The molecule has 20 heavy (non-hydrogen) atoms. The summed E-state index contributed by atoms with van der Waals surface area (Å²) in [5, 5.41) is 0. The van der Waals surface area contributed by atoms with Gasteiger partial charge in [-0.1, -0.05) is 35.9 Å². The molecule has 1 heterocycles. The Morgan fingerprint density at radius 3 is 2.95 bits per heavy atom. The first-order valence-electron chi connectivity index (χ1n) is 7.66. The van der Waals surface area contributed by atoms with E-state index < -0.39 is 0 Å². The Bertz CT molecular complexity index is 618. The van der Waals surface area contributed by atoms with Gasteiger partial charge in [0.25, 0.3) is 0 Å². The molecule has 2 aliphatic carbocycles. The lowest BCUT2D eigenvalue weighted by Gasteiger charge is -2.51. The summed E-state index contributed by atoms with van der Waals surface area (Å²) in [5.74, 6) is 0.885. The highest BCUT2D eigenvalue weighted by molar-refractivity contribution is 5.88. The van der Waals surface area contributed by atoms with E-state index >= 15 is 0 Å². The molecule has 2 bridgehead atoms. The molecule has 2 nitrogen and oxygen atoms in total. The number of amides is 1. The van der Waals surface area contributed by atoms with Gasteiger partial charge in [0.15, 0.2) is 0 Å². The molecule has 0 aromatic heterocycles. The average Bonchev–Trinajstić information content (AvgIpc) is 2.47. The van der Waals surface area contributed by atoms with Crippen molar-refractivity contribution in [2.24, 2.45) is 5.41 Å². The van der Waals surface area contributed by atoms with Crippen molar-refractivity contribution in [3.05, 3.63) is 47.0 Å². The number of hydrogen-bond acceptors (Lipinski definition) is 1. The molecule has 1 aromatic carbocycles. The van der Waals surface area contributed by atoms with E-state index in [1.165, 1.54) is 16.7 Å². The normalized spacial score (nSPS) is 35.2. The maximum Gasteiger partial charge on any atom is 0.233 e. The lowest BCUT2D eigenvalue weighted by molar-refractivity contribution is -0.144. The predicted octanol–water partition coefficient (Wildman–Crippen LogP) is 3.28. The lowest BCUT2D eigenvalue weighted by Crippen LogP contribution is -2.55. The van der Waals surface area contributed by atoms with Gasteiger partial charge in [0.2, 0.25) is 5.91 Å². The Kier molecular flexibility index (Phi) is 2.42. The van der Waals surface area contributed by atoms with Crippen LogP contribution in [0.25, 0.3) is 0 Å². The number of piperidine rings is 1. The second-order valence-corrected chi connectivity index (χ2v) is 6.79. The summed E-state index contributed by atoms with van der Waals surface area (Å²) in [6, 6.07) is 9.06. The Balaban J connectivity index is 1.86. The fraction of sp³-hybridized carbons (Fsp3) is 0.500. The molecule has 0 saturated carbocycles. The van der Waals surface area contributed by atoms with Crippen LogP contribution in [-0.2, 0) is 11.2 Å². The number of benzene rings is 1. The van der Waals surface area contributed by atoms with Crippen molar-refractivity contribution in [1.29, 1.82) is 0 Å². The summed E-state index contributed by atoms with van der Waals surface area (Å²) >= 11 is 0. The van der Waals surface area contributed by atoms with Crippen LogP contribution < -0.4 is 0 Å². The van der Waals surface area contributed by atoms with Gasteiger partial charge in [-0.2, -0.15) is 0 Å². The summed E-state index contributed by atoms with van der Waals surface area (Å²) < 4.78 is 0. The van der Waals surface area contributed by atoms with Crippen LogP contribution in [0.3, 0.4) is 0 Å². The van der Waals surface area contributed by atoms with Gasteiger partial charge in [-0.15, -0.1) is 0 Å². The van der Waals surface area contributed by atoms with E-state index in [-0.39, 0.29) is 5.41 Å². The molecule has 0 unspecified atom stereocenters. The highest BCUT2D eigenvalue weighted by atomic mass is 16.2. The Labute approximate surface area is 120 Å². The number of fused-ring (bicyclic) bond motifs is 3. The van der Waals surface area contributed by atoms with Crippen molar-refractivity contribution in [1.82, 2.24) is 4.90 Å². The maximum absolute atomic E-state index is 13.0. The molecule has 1 fully saturated rings. The van der Waals surface area contributed by atoms with Gasteiger partial charge < -0.3 is 4.90 Å². The van der Waals surface area contributed by atoms with E-state index in [0.717, 1.165) is 25.7 Å². The molecule has 1 spiro atoms. The highest BCUT2D eigenvalue weighted by Crippen LogP contribution is 2.55. The molecule has 3 aliphatic rings. The van der Waals surface area contributed by atoms with Crippen LogP contribution in [0.4, 0.5) is 0 Å². The van der Waals surface area contributed by atoms with E-state index in [1.807, 2.05) is 11.9 Å². The fourth-order valence-electron chi connectivity index (χ4n) is 4.53. The number of allylic oxidation sites excluding steroid dienone is 1. The second kappa shape index (κ2) is 3.97. The highest BCUT2D eigenvalue weighted by Gasteiger charge is 2.53. The summed E-state index contributed by atoms with van der Waals surface area (Å²) in [6.07, 6.45) is 6.47. The molecule has 1 amide bonds. The second-order valence-electron chi connectivity index (χ2n) is 6.79. The third kappa shape index (κ3) is 1.42. The van der Waals surface area contributed by atoms with Crippen LogP contribution >= 0.6 is 0 Å². The van der Waals surface area contributed by atoms with E-state index in [2.05, 4.69) is 37.3 Å². The number of hydrogen-bond donors (Lipinski definition) is 0. The predicted molar refractivity (Wildman–Crippen MR) is 79.5 cm³/mol. The summed E-state index contributed by atoms with van der Waals surface area (Å²) in [6.45, 7) is 2.16. The molecule has 3 atom stereocenters. The van der Waals surface area contributed by atoms with E-state index in [9.17, 15) is 4.79 Å². The molecule has 1 saturated heterocycles. The maximum atomic E-state index is 13.0. The van der Waals surface area contributed by atoms with Crippen molar-refractivity contribution in [2.75, 3.05) is 7.05 Å². The van der Waals surface area contributed by atoms with Gasteiger partial charge in [-0.3, -0.25) is 4.79 Å². The molecule has 104 valence electrons. The topological polar surface area (TPSA) is 20.3 Å². The molecule has 0 N–H and O–H groups in total. The van der Waals surface area contributed by atoms with Crippen molar-refractivity contribution >= 4 is 5.91 Å². The van der Waals surface area contributed by atoms with Gasteiger partial charge in [0.05, 0.1) is 5.41 Å². The lowest BCUT2D eigenvalue weighted by atomic mass is 9.57. The van der Waals surface area contributed by atoms with Gasteiger partial charge in [-0.25, -0.2) is 0 Å². The summed E-state index contributed by atoms with van der Waals surface area (Å²) in [7, 11) is 1.97. The fourth-order valence-corrected chi connectivity index (χ4v) is 4.53. The van der Waals surface area contributed by atoms with Crippen LogP contribution in [0.15, 0.2) is 35.9 Å². The number of likely N-dealkylation sites (tertiary alicyclic amines) is 1. The van der Waals surface area contributed by atoms with Crippen LogP contribution in [0.5, 0.6) is 0 Å².